The maximum atomic E-state index is 9.16. The Hall–Kier alpha value is -2.60. The van der Waals surface area contributed by atoms with Gasteiger partial charge in [-0.1, -0.05) is 0 Å². The van der Waals surface area contributed by atoms with Crippen molar-refractivity contribution < 1.29 is 18.9 Å². The van der Waals surface area contributed by atoms with Gasteiger partial charge >= 0.3 is 0 Å². The van der Waals surface area contributed by atoms with Gasteiger partial charge in [0, 0.05) is 0 Å². The van der Waals surface area contributed by atoms with Crippen molar-refractivity contribution in [2.75, 3.05) is 28.4 Å². The van der Waals surface area contributed by atoms with E-state index in [1.807, 2.05) is 12.1 Å². The molecule has 6 nitrogen and oxygen atoms in total. The van der Waals surface area contributed by atoms with Crippen molar-refractivity contribution in [3.8, 4) is 35.1 Å². The van der Waals surface area contributed by atoms with Crippen LogP contribution >= 0.6 is 0 Å². The molecule has 0 aliphatic carbocycles. The van der Waals surface area contributed by atoms with E-state index in [2.05, 4.69) is 0 Å². The van der Waals surface area contributed by atoms with Crippen molar-refractivity contribution in [2.24, 2.45) is 0 Å². The summed E-state index contributed by atoms with van der Waals surface area (Å²) < 4.78 is 20.4. The fourth-order valence-corrected chi connectivity index (χ4v) is 1.64. The number of hydrogen-bond acceptors (Lipinski definition) is 6. The predicted octanol–water partition coefficient (Wildman–Crippen LogP) is 1.46. The minimum atomic E-state index is 0.118. The molecule has 6 heteroatoms. The van der Waals surface area contributed by atoms with E-state index >= 15 is 0 Å². The number of ether oxygens (including phenoxy) is 4. The molecule has 0 heterocycles. The van der Waals surface area contributed by atoms with Gasteiger partial charge in [0.1, 0.15) is 23.3 Å². The fraction of sp³-hybridized carbons (Fsp3) is 0.333. The summed E-state index contributed by atoms with van der Waals surface area (Å²) in [6.45, 7) is 0. The zero-order valence-corrected chi connectivity index (χ0v) is 10.5. The SMILES string of the molecule is COc1c(C#N)c(OC)c(OC)c(C#N)c1OC. The third-order valence-electron chi connectivity index (χ3n) is 2.36. The molecule has 94 valence electrons. The van der Waals surface area contributed by atoms with E-state index in [0.29, 0.717) is 0 Å². The fourth-order valence-electron chi connectivity index (χ4n) is 1.64. The van der Waals surface area contributed by atoms with Crippen LogP contribution in [0.15, 0.2) is 0 Å². The first-order valence-corrected chi connectivity index (χ1v) is 4.90. The molecule has 0 saturated heterocycles. The molecule has 0 amide bonds. The van der Waals surface area contributed by atoms with Gasteiger partial charge in [0.2, 0.25) is 0 Å². The smallest absolute Gasteiger partial charge is 0.184 e. The quantitative estimate of drug-likeness (QED) is 0.802. The highest BCUT2D eigenvalue weighted by atomic mass is 16.5. The third-order valence-corrected chi connectivity index (χ3v) is 2.36. The first-order chi connectivity index (χ1) is 8.69. The first-order valence-electron chi connectivity index (χ1n) is 4.90. The lowest BCUT2D eigenvalue weighted by atomic mass is 10.1. The zero-order valence-electron chi connectivity index (χ0n) is 10.5. The standard InChI is InChI=1S/C12H12N2O4/c1-15-9-7(5-13)11(17-3)12(18-4)8(6-14)10(9)16-2/h1-4H3. The van der Waals surface area contributed by atoms with E-state index in [-0.39, 0.29) is 34.1 Å². The topological polar surface area (TPSA) is 84.5 Å². The Balaban J connectivity index is 3.87. The maximum Gasteiger partial charge on any atom is 0.184 e. The highest BCUT2D eigenvalue weighted by molar-refractivity contribution is 5.73. The molecule has 0 aliphatic heterocycles. The van der Waals surface area contributed by atoms with E-state index in [9.17, 15) is 0 Å². The Morgan fingerprint density at radius 2 is 0.833 bits per heavy atom. The number of rotatable bonds is 4. The van der Waals surface area contributed by atoms with Crippen LogP contribution in [0.2, 0.25) is 0 Å². The molecule has 0 saturated carbocycles. The van der Waals surface area contributed by atoms with E-state index in [1.54, 1.807) is 0 Å². The van der Waals surface area contributed by atoms with Crippen LogP contribution < -0.4 is 18.9 Å². The molecule has 18 heavy (non-hydrogen) atoms. The molecule has 0 bridgehead atoms. The summed E-state index contributed by atoms with van der Waals surface area (Å²) in [5.74, 6) is 0.590. The minimum absolute atomic E-state index is 0.118. The summed E-state index contributed by atoms with van der Waals surface area (Å²) in [7, 11) is 5.52. The summed E-state index contributed by atoms with van der Waals surface area (Å²) in [6, 6.07) is 3.89. The number of hydrogen-bond donors (Lipinski definition) is 0. The minimum Gasteiger partial charge on any atom is -0.491 e. The second kappa shape index (κ2) is 5.65. The van der Waals surface area contributed by atoms with E-state index in [4.69, 9.17) is 29.5 Å². The summed E-state index contributed by atoms with van der Waals surface area (Å²) in [6.07, 6.45) is 0. The van der Waals surface area contributed by atoms with Crippen molar-refractivity contribution in [1.29, 1.82) is 10.5 Å². The number of nitrogens with zero attached hydrogens (tertiary/aromatic N) is 2. The second-order valence-electron chi connectivity index (χ2n) is 3.11. The first kappa shape index (κ1) is 13.5. The van der Waals surface area contributed by atoms with Crippen LogP contribution in [0, 0.1) is 22.7 Å². The molecule has 0 aromatic heterocycles. The van der Waals surface area contributed by atoms with Crippen LogP contribution in [-0.2, 0) is 0 Å². The summed E-state index contributed by atoms with van der Waals surface area (Å²) in [4.78, 5) is 0. The largest absolute Gasteiger partial charge is 0.491 e. The van der Waals surface area contributed by atoms with Gasteiger partial charge < -0.3 is 18.9 Å². The molecule has 0 aliphatic rings. The number of benzene rings is 1. The number of nitriles is 2. The molecular weight excluding hydrogens is 236 g/mol. The van der Waals surface area contributed by atoms with Crippen LogP contribution in [0.1, 0.15) is 11.1 Å². The Morgan fingerprint density at radius 3 is 0.944 bits per heavy atom. The summed E-state index contributed by atoms with van der Waals surface area (Å²) in [5, 5.41) is 18.3. The van der Waals surface area contributed by atoms with Gasteiger partial charge in [-0.2, -0.15) is 10.5 Å². The molecule has 0 radical (unpaired) electrons. The van der Waals surface area contributed by atoms with E-state index in [1.165, 1.54) is 28.4 Å². The monoisotopic (exact) mass is 248 g/mol. The molecular formula is C12H12N2O4. The van der Waals surface area contributed by atoms with Crippen molar-refractivity contribution in [3.05, 3.63) is 11.1 Å². The predicted molar refractivity (Wildman–Crippen MR) is 62.1 cm³/mol. The number of methoxy groups -OCH3 is 4. The van der Waals surface area contributed by atoms with E-state index in [0.717, 1.165) is 0 Å². The van der Waals surface area contributed by atoms with E-state index < -0.39 is 0 Å². The normalized spacial score (nSPS) is 9.00. The summed E-state index contributed by atoms with van der Waals surface area (Å²) in [5.41, 5.74) is 0.236. The van der Waals surface area contributed by atoms with Gasteiger partial charge in [-0.25, -0.2) is 0 Å². The molecule has 0 atom stereocenters. The van der Waals surface area contributed by atoms with Gasteiger partial charge in [-0.15, -0.1) is 0 Å². The Morgan fingerprint density at radius 1 is 0.611 bits per heavy atom. The highest BCUT2D eigenvalue weighted by Gasteiger charge is 2.27. The van der Waals surface area contributed by atoms with Gasteiger partial charge in [0.15, 0.2) is 23.0 Å². The third kappa shape index (κ3) is 1.85. The lowest BCUT2D eigenvalue weighted by Gasteiger charge is -2.17. The second-order valence-corrected chi connectivity index (χ2v) is 3.11. The Labute approximate surface area is 105 Å². The van der Waals surface area contributed by atoms with Crippen molar-refractivity contribution in [3.63, 3.8) is 0 Å². The Kier molecular flexibility index (Phi) is 4.22. The average molecular weight is 248 g/mol. The molecule has 0 spiro atoms. The van der Waals surface area contributed by atoms with Crippen LogP contribution in [0.3, 0.4) is 0 Å². The van der Waals surface area contributed by atoms with Crippen LogP contribution in [0.5, 0.6) is 23.0 Å². The lowest BCUT2D eigenvalue weighted by Crippen LogP contribution is -2.03. The van der Waals surface area contributed by atoms with Crippen molar-refractivity contribution in [2.45, 2.75) is 0 Å². The average Bonchev–Trinajstić information content (AvgIpc) is 2.43. The van der Waals surface area contributed by atoms with Crippen molar-refractivity contribution >= 4 is 0 Å². The zero-order chi connectivity index (χ0) is 13.7. The molecule has 1 aromatic rings. The molecule has 1 aromatic carbocycles. The molecule has 0 unspecified atom stereocenters. The Bertz CT molecular complexity index is 458. The van der Waals surface area contributed by atoms with Crippen LogP contribution in [0.4, 0.5) is 0 Å². The van der Waals surface area contributed by atoms with Gasteiger partial charge in [0.05, 0.1) is 28.4 Å². The highest BCUT2D eigenvalue weighted by Crippen LogP contribution is 2.47. The van der Waals surface area contributed by atoms with Gasteiger partial charge in [-0.3, -0.25) is 0 Å². The van der Waals surface area contributed by atoms with Gasteiger partial charge in [0.25, 0.3) is 0 Å². The molecule has 0 fully saturated rings. The molecule has 1 rings (SSSR count). The lowest BCUT2D eigenvalue weighted by molar-refractivity contribution is 0.326. The maximum absolute atomic E-state index is 9.16. The molecule has 0 N–H and O–H groups in total. The summed E-state index contributed by atoms with van der Waals surface area (Å²) >= 11 is 0. The van der Waals surface area contributed by atoms with Crippen LogP contribution in [0.25, 0.3) is 0 Å². The van der Waals surface area contributed by atoms with Gasteiger partial charge in [-0.05, 0) is 0 Å². The van der Waals surface area contributed by atoms with Crippen molar-refractivity contribution in [1.82, 2.24) is 0 Å². The van der Waals surface area contributed by atoms with Crippen LogP contribution in [-0.4, -0.2) is 28.4 Å².